The van der Waals surface area contributed by atoms with Gasteiger partial charge in [0.25, 0.3) is 0 Å². The van der Waals surface area contributed by atoms with E-state index in [2.05, 4.69) is 85.0 Å². The van der Waals surface area contributed by atoms with Crippen molar-refractivity contribution in [2.24, 2.45) is 0 Å². The van der Waals surface area contributed by atoms with Crippen LogP contribution in [0.2, 0.25) is 0 Å². The van der Waals surface area contributed by atoms with Gasteiger partial charge in [0, 0.05) is 51.8 Å². The average molecular weight is 622 g/mol. The highest BCUT2D eigenvalue weighted by molar-refractivity contribution is 5.99. The van der Waals surface area contributed by atoms with E-state index in [0.717, 1.165) is 76.3 Å². The van der Waals surface area contributed by atoms with Gasteiger partial charge >= 0.3 is 0 Å². The molecule has 48 heavy (non-hydrogen) atoms. The number of benzene rings is 4. The molecule has 10 rings (SSSR count). The highest BCUT2D eigenvalue weighted by Gasteiger charge is 2.27. The Bertz CT molecular complexity index is 2500. The second-order valence-corrected chi connectivity index (χ2v) is 12.9. The van der Waals surface area contributed by atoms with Crippen molar-refractivity contribution in [3.05, 3.63) is 154 Å². The van der Waals surface area contributed by atoms with Gasteiger partial charge in [0.1, 0.15) is 28.5 Å². The molecule has 0 bridgehead atoms. The number of aryl methyl sites for hydroxylation is 1. The summed E-state index contributed by atoms with van der Waals surface area (Å²) in [4.78, 5) is 15.4. The minimum absolute atomic E-state index is 0.0415. The van der Waals surface area contributed by atoms with Crippen LogP contribution >= 0.6 is 0 Å². The predicted molar refractivity (Wildman–Crippen MR) is 191 cm³/mol. The summed E-state index contributed by atoms with van der Waals surface area (Å²) in [6.45, 7) is 0. The molecule has 0 amide bonds. The van der Waals surface area contributed by atoms with Crippen LogP contribution in [0.5, 0.6) is 0 Å². The number of aromatic nitrogens is 3. The Morgan fingerprint density at radius 1 is 0.646 bits per heavy atom. The lowest BCUT2D eigenvalue weighted by Gasteiger charge is -2.22. The van der Waals surface area contributed by atoms with E-state index in [1.54, 1.807) is 0 Å². The molecule has 0 fully saturated rings. The molecule has 0 aliphatic heterocycles. The van der Waals surface area contributed by atoms with Crippen LogP contribution in [0.3, 0.4) is 0 Å². The zero-order valence-electron chi connectivity index (χ0n) is 26.3. The summed E-state index contributed by atoms with van der Waals surface area (Å²) < 4.78 is 12.7. The molecule has 0 radical (unpaired) electrons. The molecule has 4 aromatic carbocycles. The van der Waals surface area contributed by atoms with Crippen molar-refractivity contribution in [1.82, 2.24) is 15.0 Å². The molecular formula is C43H31N3O2. The topological polar surface area (TPSA) is 65.0 Å². The molecule has 5 heteroatoms. The number of furan rings is 2. The van der Waals surface area contributed by atoms with Gasteiger partial charge in [-0.15, -0.1) is 0 Å². The van der Waals surface area contributed by atoms with Crippen LogP contribution < -0.4 is 0 Å². The van der Waals surface area contributed by atoms with Crippen molar-refractivity contribution in [3.63, 3.8) is 0 Å². The fourth-order valence-corrected chi connectivity index (χ4v) is 7.70. The van der Waals surface area contributed by atoms with Crippen LogP contribution in [0.25, 0.3) is 62.4 Å². The normalized spacial score (nSPS) is 16.5. The maximum Gasteiger partial charge on any atom is 0.163 e. The van der Waals surface area contributed by atoms with E-state index in [-0.39, 0.29) is 5.92 Å². The monoisotopic (exact) mass is 621 g/mol. The Kier molecular flexibility index (Phi) is 6.19. The van der Waals surface area contributed by atoms with Gasteiger partial charge in [-0.05, 0) is 65.8 Å². The third-order valence-electron chi connectivity index (χ3n) is 9.98. The number of para-hydroxylation sites is 2. The third-order valence-corrected chi connectivity index (χ3v) is 9.98. The third kappa shape index (κ3) is 4.42. The molecule has 0 spiro atoms. The Morgan fingerprint density at radius 2 is 1.40 bits per heavy atom. The molecular weight excluding hydrogens is 590 g/mol. The highest BCUT2D eigenvalue weighted by atomic mass is 16.3. The Balaban J connectivity index is 1.14. The van der Waals surface area contributed by atoms with Crippen LogP contribution in [0.1, 0.15) is 63.9 Å². The summed E-state index contributed by atoms with van der Waals surface area (Å²) in [5, 5.41) is 2.32. The van der Waals surface area contributed by atoms with Gasteiger partial charge in [0.15, 0.2) is 11.6 Å². The molecule has 3 aliphatic carbocycles. The van der Waals surface area contributed by atoms with E-state index in [4.69, 9.17) is 23.8 Å². The van der Waals surface area contributed by atoms with Crippen molar-refractivity contribution in [2.75, 3.05) is 0 Å². The number of hydrogen-bond donors (Lipinski definition) is 0. The molecule has 0 N–H and O–H groups in total. The van der Waals surface area contributed by atoms with E-state index in [1.165, 1.54) is 33.2 Å². The minimum atomic E-state index is -0.0415. The lowest BCUT2D eigenvalue weighted by molar-refractivity contribution is 0.527. The first-order chi connectivity index (χ1) is 23.8. The maximum atomic E-state index is 6.39. The summed E-state index contributed by atoms with van der Waals surface area (Å²) in [6.07, 6.45) is 15.9. The second kappa shape index (κ2) is 10.9. The molecule has 0 saturated heterocycles. The largest absolute Gasteiger partial charge is 0.460 e. The van der Waals surface area contributed by atoms with Crippen LogP contribution in [-0.4, -0.2) is 15.0 Å². The standard InChI is InChI=1S/C43H31N3O2/c1-2-11-26(12-3-1)41-44-42(28-21-22-32-31-15-6-8-18-36(31)48-39(32)25-28)46-43(45-41)29-23-27-13-4-5-14-30(27)35(24-29)33-17-10-20-38-40(33)34-16-7-9-19-37(34)47-38/h1-4,6-9,11-13,15-19,21-24,28H,5,10,14,20,25H2. The molecule has 7 aromatic rings. The maximum absolute atomic E-state index is 6.39. The molecule has 1 atom stereocenters. The molecule has 3 heterocycles. The van der Waals surface area contributed by atoms with Crippen LogP contribution in [0, 0.1) is 0 Å². The quantitative estimate of drug-likeness (QED) is 0.196. The van der Waals surface area contributed by atoms with Gasteiger partial charge < -0.3 is 8.83 Å². The van der Waals surface area contributed by atoms with E-state index < -0.39 is 0 Å². The summed E-state index contributed by atoms with van der Waals surface area (Å²) >= 11 is 0. The minimum Gasteiger partial charge on any atom is -0.460 e. The average Bonchev–Trinajstić information content (AvgIpc) is 3.73. The van der Waals surface area contributed by atoms with Crippen LogP contribution in [0.4, 0.5) is 0 Å². The fourth-order valence-electron chi connectivity index (χ4n) is 7.70. The molecule has 230 valence electrons. The van der Waals surface area contributed by atoms with Gasteiger partial charge in [0.05, 0.1) is 0 Å². The number of nitrogens with zero attached hydrogens (tertiary/aromatic N) is 3. The first-order valence-electron chi connectivity index (χ1n) is 16.8. The van der Waals surface area contributed by atoms with Crippen molar-refractivity contribution in [2.45, 2.75) is 38.0 Å². The lowest BCUT2D eigenvalue weighted by atomic mass is 9.82. The lowest BCUT2D eigenvalue weighted by Crippen LogP contribution is -2.12. The number of allylic oxidation sites excluding steroid dienone is 3. The number of hydrogen-bond acceptors (Lipinski definition) is 5. The van der Waals surface area contributed by atoms with E-state index >= 15 is 0 Å². The summed E-state index contributed by atoms with van der Waals surface area (Å²) in [5.74, 6) is 4.10. The Morgan fingerprint density at radius 3 is 2.27 bits per heavy atom. The fraction of sp³-hybridized carbons (Fsp3) is 0.140. The Hall–Kier alpha value is -5.81. The first kappa shape index (κ1) is 27.3. The zero-order valence-corrected chi connectivity index (χ0v) is 26.3. The van der Waals surface area contributed by atoms with Gasteiger partial charge in [-0.2, -0.15) is 0 Å². The molecule has 3 aromatic heterocycles. The number of rotatable bonds is 4. The first-order valence-corrected chi connectivity index (χ1v) is 16.8. The summed E-state index contributed by atoms with van der Waals surface area (Å²) in [6, 6.07) is 31.4. The van der Waals surface area contributed by atoms with Gasteiger partial charge in [-0.25, -0.2) is 15.0 Å². The van der Waals surface area contributed by atoms with E-state index in [1.807, 2.05) is 36.4 Å². The SMILES string of the molecule is C1=Cc2cc(-c3nc(-c4ccccc4)nc(C4C=Cc5c(oc6ccccc56)C4)n3)cc(C3=CCCc4oc5ccccc5c43)c2CC1. The Labute approximate surface area is 278 Å². The molecule has 1 unspecified atom stereocenters. The van der Waals surface area contributed by atoms with Crippen molar-refractivity contribution < 1.29 is 8.83 Å². The second-order valence-electron chi connectivity index (χ2n) is 12.9. The van der Waals surface area contributed by atoms with Gasteiger partial charge in [-0.3, -0.25) is 0 Å². The van der Waals surface area contributed by atoms with E-state index in [9.17, 15) is 0 Å². The highest BCUT2D eigenvalue weighted by Crippen LogP contribution is 2.43. The number of fused-ring (bicyclic) bond motifs is 7. The van der Waals surface area contributed by atoms with E-state index in [0.29, 0.717) is 18.1 Å². The van der Waals surface area contributed by atoms with Crippen molar-refractivity contribution in [1.29, 1.82) is 0 Å². The van der Waals surface area contributed by atoms with Crippen molar-refractivity contribution >= 4 is 39.7 Å². The van der Waals surface area contributed by atoms with Crippen LogP contribution in [0.15, 0.2) is 118 Å². The molecule has 5 nitrogen and oxygen atoms in total. The smallest absolute Gasteiger partial charge is 0.163 e. The molecule has 3 aliphatic rings. The zero-order chi connectivity index (χ0) is 31.6. The summed E-state index contributed by atoms with van der Waals surface area (Å²) in [7, 11) is 0. The summed E-state index contributed by atoms with van der Waals surface area (Å²) in [5.41, 5.74) is 11.3. The van der Waals surface area contributed by atoms with Gasteiger partial charge in [0.2, 0.25) is 0 Å². The van der Waals surface area contributed by atoms with Gasteiger partial charge in [-0.1, -0.05) is 97.1 Å². The molecule has 0 saturated carbocycles. The van der Waals surface area contributed by atoms with Crippen LogP contribution in [-0.2, 0) is 19.3 Å². The van der Waals surface area contributed by atoms with Crippen molar-refractivity contribution in [3.8, 4) is 22.8 Å². The predicted octanol–water partition coefficient (Wildman–Crippen LogP) is 10.4.